The Morgan fingerprint density at radius 1 is 1.13 bits per heavy atom. The van der Waals surface area contributed by atoms with E-state index in [0.717, 1.165) is 37.1 Å². The first-order chi connectivity index (χ1) is 14.9. The van der Waals surface area contributed by atoms with Gasteiger partial charge in [0.25, 0.3) is 5.91 Å². The summed E-state index contributed by atoms with van der Waals surface area (Å²) in [5.41, 5.74) is -0.806. The van der Waals surface area contributed by atoms with E-state index in [4.69, 9.17) is 0 Å². The van der Waals surface area contributed by atoms with Crippen molar-refractivity contribution >= 4 is 22.4 Å². The van der Waals surface area contributed by atoms with Crippen LogP contribution in [0, 0.1) is 0 Å². The van der Waals surface area contributed by atoms with Gasteiger partial charge in [-0.05, 0) is 50.9 Å². The number of amides is 1. The van der Waals surface area contributed by atoms with Gasteiger partial charge in [0.05, 0.1) is 18.4 Å². The standard InChI is InChI=1S/C21H26F3N5OS/c22-21(23,24)18-6-4-5-15(27-18)13-25-19(30)17-14-26-20(31-17)29-11-7-16(8-12-29)28-9-2-1-3-10-28/h4-6,14,16H,1-3,7-13H2,(H,25,30). The van der Waals surface area contributed by atoms with Crippen molar-refractivity contribution in [1.82, 2.24) is 20.2 Å². The van der Waals surface area contributed by atoms with Crippen molar-refractivity contribution in [2.45, 2.75) is 50.9 Å². The SMILES string of the molecule is O=C(NCc1cccc(C(F)(F)F)n1)c1cnc(N2CCC(N3CCCCC3)CC2)s1. The van der Waals surface area contributed by atoms with Gasteiger partial charge in [-0.15, -0.1) is 0 Å². The van der Waals surface area contributed by atoms with Crippen LogP contribution in [0.3, 0.4) is 0 Å². The van der Waals surface area contributed by atoms with Crippen LogP contribution in [0.15, 0.2) is 24.4 Å². The van der Waals surface area contributed by atoms with Crippen molar-refractivity contribution in [3.63, 3.8) is 0 Å². The lowest BCUT2D eigenvalue weighted by Crippen LogP contribution is -2.46. The monoisotopic (exact) mass is 453 g/mol. The van der Waals surface area contributed by atoms with Crippen LogP contribution >= 0.6 is 11.3 Å². The van der Waals surface area contributed by atoms with E-state index in [2.05, 4.69) is 25.1 Å². The third kappa shape index (κ3) is 5.54. The second-order valence-corrected chi connectivity index (χ2v) is 9.03. The number of halogens is 3. The van der Waals surface area contributed by atoms with Crippen LogP contribution in [0.5, 0.6) is 0 Å². The molecular weight excluding hydrogens is 427 g/mol. The molecule has 0 aliphatic carbocycles. The number of rotatable bonds is 5. The van der Waals surface area contributed by atoms with Crippen LogP contribution in [0.1, 0.15) is 53.2 Å². The van der Waals surface area contributed by atoms with E-state index in [9.17, 15) is 18.0 Å². The highest BCUT2D eigenvalue weighted by Crippen LogP contribution is 2.29. The fourth-order valence-corrected chi connectivity index (χ4v) is 5.10. The molecule has 168 valence electrons. The summed E-state index contributed by atoms with van der Waals surface area (Å²) in [5.74, 6) is -0.355. The lowest BCUT2D eigenvalue weighted by Gasteiger charge is -2.40. The highest BCUT2D eigenvalue weighted by Gasteiger charge is 2.32. The average molecular weight is 454 g/mol. The average Bonchev–Trinajstić information content (AvgIpc) is 3.28. The fourth-order valence-electron chi connectivity index (χ4n) is 4.22. The molecule has 0 aromatic carbocycles. The van der Waals surface area contributed by atoms with Gasteiger partial charge < -0.3 is 15.1 Å². The number of anilines is 1. The number of pyridine rings is 1. The molecule has 1 N–H and O–H groups in total. The van der Waals surface area contributed by atoms with Gasteiger partial charge in [0.15, 0.2) is 5.13 Å². The maximum absolute atomic E-state index is 12.8. The zero-order valence-electron chi connectivity index (χ0n) is 17.2. The van der Waals surface area contributed by atoms with E-state index in [-0.39, 0.29) is 18.1 Å². The molecule has 6 nitrogen and oxygen atoms in total. The number of likely N-dealkylation sites (tertiary alicyclic amines) is 1. The van der Waals surface area contributed by atoms with Gasteiger partial charge in [-0.1, -0.05) is 23.8 Å². The summed E-state index contributed by atoms with van der Waals surface area (Å²) in [7, 11) is 0. The van der Waals surface area contributed by atoms with Gasteiger partial charge in [0.1, 0.15) is 10.6 Å². The van der Waals surface area contributed by atoms with Gasteiger partial charge in [-0.2, -0.15) is 13.2 Å². The van der Waals surface area contributed by atoms with E-state index >= 15 is 0 Å². The summed E-state index contributed by atoms with van der Waals surface area (Å²) >= 11 is 1.32. The molecule has 2 aliphatic heterocycles. The Kier molecular flexibility index (Phi) is 6.76. The third-order valence-corrected chi connectivity index (χ3v) is 6.94. The molecule has 0 spiro atoms. The van der Waals surface area contributed by atoms with E-state index in [1.165, 1.54) is 62.0 Å². The van der Waals surface area contributed by atoms with Crippen molar-refractivity contribution < 1.29 is 18.0 Å². The second-order valence-electron chi connectivity index (χ2n) is 8.02. The molecule has 0 unspecified atom stereocenters. The topological polar surface area (TPSA) is 61.4 Å². The molecule has 10 heteroatoms. The van der Waals surface area contributed by atoms with Gasteiger partial charge in [-0.25, -0.2) is 9.97 Å². The van der Waals surface area contributed by atoms with Crippen LogP contribution in [0.4, 0.5) is 18.3 Å². The van der Waals surface area contributed by atoms with Crippen molar-refractivity contribution in [1.29, 1.82) is 0 Å². The number of nitrogens with one attached hydrogen (secondary N) is 1. The Morgan fingerprint density at radius 2 is 1.87 bits per heavy atom. The number of carbonyl (C=O) groups excluding carboxylic acids is 1. The summed E-state index contributed by atoms with van der Waals surface area (Å²) in [5, 5.41) is 3.46. The Hall–Kier alpha value is -2.20. The zero-order chi connectivity index (χ0) is 21.8. The third-order valence-electron chi connectivity index (χ3n) is 5.89. The van der Waals surface area contributed by atoms with Crippen molar-refractivity contribution in [3.05, 3.63) is 40.7 Å². The normalized spacial score (nSPS) is 18.9. The molecule has 2 saturated heterocycles. The summed E-state index contributed by atoms with van der Waals surface area (Å²) in [6, 6.07) is 4.30. The number of hydrogen-bond donors (Lipinski definition) is 1. The Morgan fingerprint density at radius 3 is 2.58 bits per heavy atom. The largest absolute Gasteiger partial charge is 0.433 e. The minimum absolute atomic E-state index is 0.0722. The minimum Gasteiger partial charge on any atom is -0.348 e. The summed E-state index contributed by atoms with van der Waals surface area (Å²) in [4.78, 5) is 25.7. The Bertz CT molecular complexity index is 889. The number of hydrogen-bond acceptors (Lipinski definition) is 6. The molecule has 2 fully saturated rings. The predicted molar refractivity (Wildman–Crippen MR) is 113 cm³/mol. The predicted octanol–water partition coefficient (Wildman–Crippen LogP) is 3.94. The van der Waals surface area contributed by atoms with E-state index < -0.39 is 11.9 Å². The minimum atomic E-state index is -4.51. The number of carbonyl (C=O) groups is 1. The summed E-state index contributed by atoms with van der Waals surface area (Å²) in [6.07, 6.45) is 3.15. The van der Waals surface area contributed by atoms with E-state index in [1.807, 2.05) is 0 Å². The first-order valence-electron chi connectivity index (χ1n) is 10.7. The van der Waals surface area contributed by atoms with Gasteiger partial charge >= 0.3 is 6.18 Å². The van der Waals surface area contributed by atoms with Gasteiger partial charge in [0.2, 0.25) is 0 Å². The first-order valence-corrected chi connectivity index (χ1v) is 11.5. The Balaban J connectivity index is 1.29. The highest BCUT2D eigenvalue weighted by molar-refractivity contribution is 7.17. The van der Waals surface area contributed by atoms with Crippen LogP contribution in [0.2, 0.25) is 0 Å². The van der Waals surface area contributed by atoms with E-state index in [1.54, 1.807) is 0 Å². The molecule has 0 atom stereocenters. The molecule has 0 radical (unpaired) electrons. The van der Waals surface area contributed by atoms with Gasteiger partial charge in [0, 0.05) is 19.1 Å². The molecule has 2 aromatic heterocycles. The molecule has 2 aromatic rings. The molecule has 31 heavy (non-hydrogen) atoms. The van der Waals surface area contributed by atoms with Gasteiger partial charge in [-0.3, -0.25) is 4.79 Å². The molecular formula is C21H26F3N5OS. The zero-order valence-corrected chi connectivity index (χ0v) is 18.0. The molecule has 0 saturated carbocycles. The lowest BCUT2D eigenvalue weighted by atomic mass is 10.0. The molecule has 4 rings (SSSR count). The number of aromatic nitrogens is 2. The lowest BCUT2D eigenvalue weighted by molar-refractivity contribution is -0.141. The first kappa shape index (κ1) is 22.0. The maximum atomic E-state index is 12.8. The smallest absolute Gasteiger partial charge is 0.348 e. The second kappa shape index (κ2) is 9.52. The Labute approximate surface area is 183 Å². The van der Waals surface area contributed by atoms with E-state index in [0.29, 0.717) is 10.9 Å². The molecule has 2 aliphatic rings. The highest BCUT2D eigenvalue weighted by atomic mass is 32.1. The van der Waals surface area contributed by atoms with Crippen LogP contribution in [-0.4, -0.2) is 53.0 Å². The summed E-state index contributed by atoms with van der Waals surface area (Å²) in [6.45, 7) is 4.17. The molecule has 1 amide bonds. The summed E-state index contributed by atoms with van der Waals surface area (Å²) < 4.78 is 38.3. The van der Waals surface area contributed by atoms with Crippen molar-refractivity contribution in [2.75, 3.05) is 31.1 Å². The number of piperidine rings is 2. The van der Waals surface area contributed by atoms with Crippen molar-refractivity contribution in [3.8, 4) is 0 Å². The van der Waals surface area contributed by atoms with Crippen LogP contribution < -0.4 is 10.2 Å². The number of nitrogens with zero attached hydrogens (tertiary/aromatic N) is 4. The molecule has 4 heterocycles. The van der Waals surface area contributed by atoms with Crippen LogP contribution in [-0.2, 0) is 12.7 Å². The molecule has 0 bridgehead atoms. The fraction of sp³-hybridized carbons (Fsp3) is 0.571. The number of thiazole rings is 1. The maximum Gasteiger partial charge on any atom is 0.433 e. The number of alkyl halides is 3. The quantitative estimate of drug-likeness (QED) is 0.743. The van der Waals surface area contributed by atoms with Crippen molar-refractivity contribution in [2.24, 2.45) is 0 Å². The van der Waals surface area contributed by atoms with Crippen LogP contribution in [0.25, 0.3) is 0 Å².